The summed E-state index contributed by atoms with van der Waals surface area (Å²) >= 11 is 0. The number of nitrogens with one attached hydrogen (secondary N) is 1. The van der Waals surface area contributed by atoms with Gasteiger partial charge in [-0.2, -0.15) is 0 Å². The van der Waals surface area contributed by atoms with Gasteiger partial charge >= 0.3 is 5.69 Å². The second-order valence-corrected chi connectivity index (χ2v) is 12.7. The highest BCUT2D eigenvalue weighted by molar-refractivity contribution is 5.96. The molecule has 0 saturated heterocycles. The number of aromatic nitrogens is 2. The standard InChI is InChI=1S/C40H56N4O6/c1-4-6-7-8-9-10-11-12-13-14-15-16-17-18-22-25-37(45)41-34-26-27-36(49-3)35(29-34)44(50-28-5-2)39(47)32-43-38(46)31-42(40(43)48)30-33-23-20-19-21-24-33/h19-21,23-24,26-27,29,31,46H,4,6-18,22,25,30,32H2,1-3H3,(H,41,45). The maximum Gasteiger partial charge on any atom is 0.331 e. The Morgan fingerprint density at radius 1 is 0.860 bits per heavy atom. The maximum atomic E-state index is 13.6. The number of methoxy groups -OCH3 is 1. The van der Waals surface area contributed by atoms with Gasteiger partial charge in [-0.15, -0.1) is 5.06 Å². The van der Waals surface area contributed by atoms with Crippen molar-refractivity contribution in [1.29, 1.82) is 0 Å². The molecule has 0 atom stereocenters. The summed E-state index contributed by atoms with van der Waals surface area (Å²) in [4.78, 5) is 45.0. The topological polar surface area (TPSA) is 115 Å². The Morgan fingerprint density at radius 2 is 1.46 bits per heavy atom. The lowest BCUT2D eigenvalue weighted by Gasteiger charge is -2.22. The van der Waals surface area contributed by atoms with E-state index in [0.29, 0.717) is 12.1 Å². The van der Waals surface area contributed by atoms with Gasteiger partial charge in [-0.05, 0) is 30.2 Å². The van der Waals surface area contributed by atoms with Crippen molar-refractivity contribution in [1.82, 2.24) is 9.13 Å². The van der Waals surface area contributed by atoms with Crippen LogP contribution in [-0.4, -0.2) is 33.2 Å². The second kappa shape index (κ2) is 22.9. The van der Waals surface area contributed by atoms with Gasteiger partial charge < -0.3 is 20.0 Å². The van der Waals surface area contributed by atoms with E-state index in [0.717, 1.165) is 34.5 Å². The van der Waals surface area contributed by atoms with Crippen LogP contribution in [0.15, 0.2) is 59.5 Å². The van der Waals surface area contributed by atoms with E-state index in [1.54, 1.807) is 25.1 Å². The maximum absolute atomic E-state index is 13.6. The van der Waals surface area contributed by atoms with Gasteiger partial charge in [0.25, 0.3) is 5.91 Å². The number of aromatic hydroxyl groups is 1. The third-order valence-corrected chi connectivity index (χ3v) is 8.67. The summed E-state index contributed by atoms with van der Waals surface area (Å²) in [5, 5.41) is 14.4. The van der Waals surface area contributed by atoms with E-state index < -0.39 is 18.1 Å². The summed E-state index contributed by atoms with van der Waals surface area (Å²) in [6.45, 7) is 3.51. The third-order valence-electron chi connectivity index (χ3n) is 8.67. The Hall–Kier alpha value is -4.65. The number of hydrogen-bond acceptors (Lipinski definition) is 6. The first-order valence-corrected chi connectivity index (χ1v) is 18.3. The molecule has 10 heteroatoms. The van der Waals surface area contributed by atoms with Gasteiger partial charge in [0, 0.05) is 19.0 Å². The van der Waals surface area contributed by atoms with Crippen molar-refractivity contribution in [3.8, 4) is 23.7 Å². The molecular weight excluding hydrogens is 632 g/mol. The van der Waals surface area contributed by atoms with Crippen LogP contribution in [0.5, 0.6) is 11.6 Å². The molecule has 2 amide bonds. The molecule has 0 aliphatic heterocycles. The molecule has 0 saturated carbocycles. The van der Waals surface area contributed by atoms with Crippen molar-refractivity contribution in [2.24, 2.45) is 0 Å². The molecular formula is C40H56N4O6. The van der Waals surface area contributed by atoms with E-state index in [2.05, 4.69) is 24.3 Å². The molecule has 3 rings (SSSR count). The van der Waals surface area contributed by atoms with E-state index in [4.69, 9.17) is 9.57 Å². The molecule has 0 aliphatic carbocycles. The van der Waals surface area contributed by atoms with Crippen LogP contribution in [0.25, 0.3) is 0 Å². The van der Waals surface area contributed by atoms with Crippen molar-refractivity contribution in [3.05, 3.63) is 70.8 Å². The predicted octanol–water partition coefficient (Wildman–Crippen LogP) is 8.56. The fraction of sp³-hybridized carbons (Fsp3) is 0.525. The van der Waals surface area contributed by atoms with Crippen LogP contribution in [0.3, 0.4) is 0 Å². The summed E-state index contributed by atoms with van der Waals surface area (Å²) in [7, 11) is 1.45. The van der Waals surface area contributed by atoms with Crippen molar-refractivity contribution < 1.29 is 24.3 Å². The minimum Gasteiger partial charge on any atom is -0.494 e. The summed E-state index contributed by atoms with van der Waals surface area (Å²) in [5.74, 6) is 1.69. The normalized spacial score (nSPS) is 10.7. The molecule has 0 bridgehead atoms. The molecule has 3 aromatic rings. The number of carbonyl (C=O) groups is 2. The number of nitrogens with zero attached hydrogens (tertiary/aromatic N) is 3. The minimum absolute atomic E-state index is 0.126. The van der Waals surface area contributed by atoms with E-state index in [1.807, 2.05) is 30.3 Å². The first-order chi connectivity index (χ1) is 24.4. The van der Waals surface area contributed by atoms with Crippen LogP contribution in [-0.2, 0) is 27.5 Å². The Labute approximate surface area is 297 Å². The number of unbranched alkanes of at least 4 members (excludes halogenated alkanes) is 14. The highest BCUT2D eigenvalue weighted by Crippen LogP contribution is 2.32. The van der Waals surface area contributed by atoms with Gasteiger partial charge in [0.1, 0.15) is 24.1 Å². The monoisotopic (exact) mass is 688 g/mol. The molecule has 0 aliphatic rings. The largest absolute Gasteiger partial charge is 0.494 e. The van der Waals surface area contributed by atoms with Crippen molar-refractivity contribution in [2.45, 2.75) is 130 Å². The van der Waals surface area contributed by atoms with Gasteiger partial charge in [0.15, 0.2) is 0 Å². The number of imidazole rings is 1. The zero-order chi connectivity index (χ0) is 36.0. The Bertz CT molecular complexity index is 1570. The fourth-order valence-corrected chi connectivity index (χ4v) is 5.89. The molecule has 0 unspecified atom stereocenters. The number of rotatable bonds is 24. The van der Waals surface area contributed by atoms with Crippen LogP contribution in [0.1, 0.15) is 122 Å². The van der Waals surface area contributed by atoms with Crippen LogP contribution >= 0.6 is 0 Å². The van der Waals surface area contributed by atoms with Gasteiger partial charge in [0.05, 0.1) is 19.9 Å². The van der Waals surface area contributed by atoms with Crippen LogP contribution in [0.2, 0.25) is 0 Å². The number of benzene rings is 2. The number of hydrogen-bond donors (Lipinski definition) is 2. The van der Waals surface area contributed by atoms with Gasteiger partial charge in [-0.3, -0.25) is 18.7 Å². The van der Waals surface area contributed by atoms with Crippen LogP contribution in [0.4, 0.5) is 11.4 Å². The van der Waals surface area contributed by atoms with Gasteiger partial charge in [-0.1, -0.05) is 133 Å². The fourth-order valence-electron chi connectivity index (χ4n) is 5.89. The molecule has 10 nitrogen and oxygen atoms in total. The second-order valence-electron chi connectivity index (χ2n) is 12.7. The van der Waals surface area contributed by atoms with Crippen LogP contribution in [0, 0.1) is 12.0 Å². The van der Waals surface area contributed by atoms with E-state index in [9.17, 15) is 19.5 Å². The van der Waals surface area contributed by atoms with Gasteiger partial charge in [-0.25, -0.2) is 4.79 Å². The van der Waals surface area contributed by atoms with E-state index in [-0.39, 0.29) is 29.8 Å². The average Bonchev–Trinajstić information content (AvgIpc) is 3.37. The number of amides is 2. The zero-order valence-corrected chi connectivity index (χ0v) is 30.3. The number of carbonyl (C=O) groups excluding carboxylic acids is 2. The predicted molar refractivity (Wildman–Crippen MR) is 199 cm³/mol. The Morgan fingerprint density at radius 3 is 2.04 bits per heavy atom. The quantitative estimate of drug-likeness (QED) is 0.0554. The zero-order valence-electron chi connectivity index (χ0n) is 30.3. The van der Waals surface area contributed by atoms with Crippen molar-refractivity contribution >= 4 is 23.2 Å². The number of anilines is 2. The molecule has 2 aromatic carbocycles. The lowest BCUT2D eigenvalue weighted by atomic mass is 10.0. The molecule has 0 fully saturated rings. The minimum atomic E-state index is -0.692. The molecule has 50 heavy (non-hydrogen) atoms. The highest BCUT2D eigenvalue weighted by atomic mass is 16.7. The number of hydroxylamine groups is 1. The summed E-state index contributed by atoms with van der Waals surface area (Å²) in [6.07, 6.45) is 23.0. The van der Waals surface area contributed by atoms with E-state index in [1.165, 1.54) is 94.9 Å². The van der Waals surface area contributed by atoms with E-state index >= 15 is 0 Å². The molecule has 272 valence electrons. The average molecular weight is 689 g/mol. The molecule has 1 heterocycles. The van der Waals surface area contributed by atoms with Gasteiger partial charge in [0.2, 0.25) is 11.8 Å². The summed E-state index contributed by atoms with van der Waals surface area (Å²) < 4.78 is 7.77. The number of ether oxygens (including phenoxy) is 1. The molecule has 0 spiro atoms. The van der Waals surface area contributed by atoms with Crippen molar-refractivity contribution in [2.75, 3.05) is 17.5 Å². The smallest absolute Gasteiger partial charge is 0.331 e. The first kappa shape index (κ1) is 39.8. The molecule has 0 radical (unpaired) electrons. The Balaban J connectivity index is 1.49. The SMILES string of the molecule is CC#CON(C(=O)Cn1c(O)cn(Cc2ccccc2)c1=O)c1cc(NC(=O)CCCCCCCCCCCCCCCCC)ccc1OC. The molecule has 1 aromatic heterocycles. The molecule has 2 N–H and O–H groups in total. The lowest BCUT2D eigenvalue weighted by molar-refractivity contribution is -0.124. The highest BCUT2D eigenvalue weighted by Gasteiger charge is 2.25. The van der Waals surface area contributed by atoms with Crippen molar-refractivity contribution in [3.63, 3.8) is 0 Å². The first-order valence-electron chi connectivity index (χ1n) is 18.3. The third kappa shape index (κ3) is 13.7. The Kier molecular flexibility index (Phi) is 18.2. The summed E-state index contributed by atoms with van der Waals surface area (Å²) in [5.41, 5.74) is 0.936. The lowest BCUT2D eigenvalue weighted by Crippen LogP contribution is -2.36. The van der Waals surface area contributed by atoms with Crippen LogP contribution < -0.4 is 20.8 Å². The summed E-state index contributed by atoms with van der Waals surface area (Å²) in [6, 6.07) is 14.2.